The minimum Gasteiger partial charge on any atom is -0.799 e. The zero-order valence-electron chi connectivity index (χ0n) is 19.5. The second-order valence-electron chi connectivity index (χ2n) is 8.91. The third-order valence-corrected chi connectivity index (χ3v) is 8.43. The maximum absolute atomic E-state index is 12.7. The summed E-state index contributed by atoms with van der Waals surface area (Å²) in [5.74, 6) is -1.29. The predicted molar refractivity (Wildman–Crippen MR) is 112 cm³/mol. The van der Waals surface area contributed by atoms with Gasteiger partial charge >= 0.3 is 59.1 Å². The Balaban J connectivity index is 0.00000256. The van der Waals surface area contributed by atoms with E-state index in [0.29, 0.717) is 25.3 Å². The summed E-state index contributed by atoms with van der Waals surface area (Å²) in [6.45, 7) is 0.343. The largest absolute Gasteiger partial charge is 1.00 e. The van der Waals surface area contributed by atoms with E-state index in [1.807, 2.05) is 30.3 Å². The molecule has 0 aromatic heterocycles. The number of aryl methyl sites for hydroxylation is 1. The van der Waals surface area contributed by atoms with Crippen LogP contribution < -0.4 is 69.1 Å². The quantitative estimate of drug-likeness (QED) is 0.206. The van der Waals surface area contributed by atoms with Crippen LogP contribution in [0.1, 0.15) is 56.9 Å². The molecule has 1 aliphatic heterocycles. The van der Waals surface area contributed by atoms with Gasteiger partial charge in [-0.05, 0) is 49.2 Å². The number of unbranched alkanes of at least 4 members (excludes halogenated alkanes) is 1. The smallest absolute Gasteiger partial charge is 0.799 e. The van der Waals surface area contributed by atoms with E-state index >= 15 is 0 Å². The van der Waals surface area contributed by atoms with Crippen LogP contribution in [0.5, 0.6) is 0 Å². The summed E-state index contributed by atoms with van der Waals surface area (Å²) in [6, 6.07) is 8.88. The normalized spacial score (nSPS) is 23.0. The molecule has 3 atom stereocenters. The van der Waals surface area contributed by atoms with Gasteiger partial charge in [-0.2, -0.15) is 0 Å². The van der Waals surface area contributed by atoms with E-state index in [-0.39, 0.29) is 71.2 Å². The van der Waals surface area contributed by atoms with Gasteiger partial charge in [0.15, 0.2) is 0 Å². The average Bonchev–Trinajstić information content (AvgIpc) is 3.19. The van der Waals surface area contributed by atoms with Crippen molar-refractivity contribution in [2.24, 2.45) is 11.8 Å². The molecule has 9 heteroatoms. The Bertz CT molecular complexity index is 773. The van der Waals surface area contributed by atoms with E-state index in [0.717, 1.165) is 44.1 Å². The van der Waals surface area contributed by atoms with E-state index in [2.05, 4.69) is 0 Å². The summed E-state index contributed by atoms with van der Waals surface area (Å²) >= 11 is 0. The van der Waals surface area contributed by atoms with Crippen LogP contribution in [0.15, 0.2) is 30.3 Å². The van der Waals surface area contributed by atoms with Crippen LogP contribution in [0.25, 0.3) is 0 Å². The van der Waals surface area contributed by atoms with Gasteiger partial charge in [-0.15, -0.1) is 0 Å². The van der Waals surface area contributed by atoms with Gasteiger partial charge < -0.3 is 24.3 Å². The van der Waals surface area contributed by atoms with E-state index in [4.69, 9.17) is 0 Å². The van der Waals surface area contributed by atoms with Gasteiger partial charge in [0.05, 0.1) is 18.2 Å². The van der Waals surface area contributed by atoms with Gasteiger partial charge in [-0.1, -0.05) is 62.4 Å². The molecule has 0 spiro atoms. The molecule has 1 aromatic carbocycles. The molecule has 1 amide bonds. The molecule has 6 nitrogen and oxygen atoms in total. The van der Waals surface area contributed by atoms with Gasteiger partial charge in [0.2, 0.25) is 5.91 Å². The third kappa shape index (κ3) is 9.19. The van der Waals surface area contributed by atoms with Crippen molar-refractivity contribution in [3.05, 3.63) is 35.9 Å². The number of aliphatic carboxylic acids is 1. The molecule has 1 saturated carbocycles. The minimum absolute atomic E-state index is 0. The third-order valence-electron chi connectivity index (χ3n) is 6.68. The van der Waals surface area contributed by atoms with Gasteiger partial charge in [0.1, 0.15) is 0 Å². The van der Waals surface area contributed by atoms with E-state index in [1.165, 1.54) is 11.3 Å². The van der Waals surface area contributed by atoms with Gasteiger partial charge in [-0.3, -0.25) is 4.79 Å². The van der Waals surface area contributed by atoms with Crippen molar-refractivity contribution < 1.29 is 83.3 Å². The standard InChI is InChI=1S/C23H34NO5P.2Na/c25-22(17-30(28,29)14-8-7-11-18-9-3-1-4-10-18)24-16-20(15-21(24)23(26)27)19-12-5-2-6-13-19;;/h1,3-4,9-10,19-21H,2,5-8,11-17H2,(H,26,27)(H,28,29);;/q;2*+1/p-2/t20-,21-;;/m0../s1. The van der Waals surface area contributed by atoms with E-state index < -0.39 is 31.4 Å². The molecule has 0 N–H and O–H groups in total. The fraction of sp³-hybridized carbons (Fsp3) is 0.652. The van der Waals surface area contributed by atoms with Gasteiger partial charge in [0.25, 0.3) is 0 Å². The van der Waals surface area contributed by atoms with Crippen LogP contribution in [0.3, 0.4) is 0 Å². The molecule has 1 saturated heterocycles. The summed E-state index contributed by atoms with van der Waals surface area (Å²) in [7, 11) is -3.89. The van der Waals surface area contributed by atoms with Crippen molar-refractivity contribution >= 4 is 19.2 Å². The van der Waals surface area contributed by atoms with Crippen molar-refractivity contribution in [1.29, 1.82) is 0 Å². The second kappa shape index (κ2) is 14.7. The fourth-order valence-corrected chi connectivity index (χ4v) is 6.47. The first-order valence-electron chi connectivity index (χ1n) is 11.2. The second-order valence-corrected chi connectivity index (χ2v) is 11.3. The van der Waals surface area contributed by atoms with E-state index in [9.17, 15) is 24.2 Å². The van der Waals surface area contributed by atoms with Crippen molar-refractivity contribution in [3.63, 3.8) is 0 Å². The molecular weight excluding hydrogens is 447 g/mol. The Labute approximate surface area is 235 Å². The van der Waals surface area contributed by atoms with Crippen molar-refractivity contribution in [2.75, 3.05) is 18.9 Å². The number of carboxylic acid groups (broad SMARTS) is 1. The first kappa shape index (κ1) is 30.4. The van der Waals surface area contributed by atoms with Crippen LogP contribution in [0, 0.1) is 11.8 Å². The number of rotatable bonds is 9. The van der Waals surface area contributed by atoms with Crippen LogP contribution >= 0.6 is 7.37 Å². The number of carboxylic acids is 1. The maximum Gasteiger partial charge on any atom is 1.00 e. The Hall–Kier alpha value is 0.350. The number of nitrogens with zero attached hydrogens (tertiary/aromatic N) is 1. The first-order chi connectivity index (χ1) is 14.4. The molecular formula is C23H32NNa2O5P. The Morgan fingerprint density at radius 3 is 2.28 bits per heavy atom. The zero-order valence-corrected chi connectivity index (χ0v) is 24.4. The molecule has 2 fully saturated rings. The van der Waals surface area contributed by atoms with Crippen molar-refractivity contribution in [2.45, 2.75) is 63.8 Å². The number of likely N-dealkylation sites (tertiary alicyclic amines) is 1. The van der Waals surface area contributed by atoms with Gasteiger partial charge in [-0.25, -0.2) is 0 Å². The SMILES string of the molecule is O=C([O-])[C@@H]1C[C@H](C2CCCCC2)CN1C(=O)CP(=O)([O-])CCCCc1ccccc1.[Na+].[Na+]. The van der Waals surface area contributed by atoms with Gasteiger partial charge in [0, 0.05) is 13.9 Å². The van der Waals surface area contributed by atoms with Crippen LogP contribution in [0.4, 0.5) is 0 Å². The molecule has 1 aromatic rings. The fourth-order valence-electron chi connectivity index (χ4n) is 5.02. The summed E-state index contributed by atoms with van der Waals surface area (Å²) in [6.07, 6.45) is 7.43. The molecule has 166 valence electrons. The molecule has 1 unspecified atom stereocenters. The summed E-state index contributed by atoms with van der Waals surface area (Å²) in [5, 5.41) is 11.6. The summed E-state index contributed by atoms with van der Waals surface area (Å²) < 4.78 is 12.5. The number of benzene rings is 1. The molecule has 32 heavy (non-hydrogen) atoms. The molecule has 1 heterocycles. The first-order valence-corrected chi connectivity index (χ1v) is 13.2. The minimum atomic E-state index is -3.89. The molecule has 0 radical (unpaired) electrons. The average molecular weight is 479 g/mol. The number of hydrogen-bond acceptors (Lipinski definition) is 5. The Kier molecular flexibility index (Phi) is 13.9. The topological polar surface area (TPSA) is 101 Å². The number of amides is 1. The molecule has 0 bridgehead atoms. The molecule has 2 aliphatic rings. The number of carbonyl (C=O) groups excluding carboxylic acids is 2. The van der Waals surface area contributed by atoms with Crippen LogP contribution in [0.2, 0.25) is 0 Å². The monoisotopic (exact) mass is 479 g/mol. The van der Waals surface area contributed by atoms with Crippen molar-refractivity contribution in [1.82, 2.24) is 4.90 Å². The van der Waals surface area contributed by atoms with Crippen LogP contribution in [-0.2, 0) is 20.6 Å². The Morgan fingerprint density at radius 2 is 1.66 bits per heavy atom. The molecule has 3 rings (SSSR count). The maximum atomic E-state index is 12.7. The zero-order chi connectivity index (χ0) is 21.6. The number of carbonyl (C=O) groups is 2. The summed E-state index contributed by atoms with van der Waals surface area (Å²) in [4.78, 5) is 38.1. The number of hydrogen-bond donors (Lipinski definition) is 0. The predicted octanol–water partition coefficient (Wildman–Crippen LogP) is -3.80. The summed E-state index contributed by atoms with van der Waals surface area (Å²) in [5.41, 5.74) is 1.16. The van der Waals surface area contributed by atoms with Crippen LogP contribution in [-0.4, -0.2) is 41.7 Å². The molecule has 1 aliphatic carbocycles. The van der Waals surface area contributed by atoms with E-state index in [1.54, 1.807) is 0 Å². The van der Waals surface area contributed by atoms with Crippen molar-refractivity contribution in [3.8, 4) is 0 Å². The Morgan fingerprint density at radius 1 is 1.00 bits per heavy atom.